The number of ether oxygens (including phenoxy) is 4. The third-order valence-electron chi connectivity index (χ3n) is 6.58. The molecule has 5 aromatic rings. The van der Waals surface area contributed by atoms with Gasteiger partial charge in [-0.2, -0.15) is 5.10 Å². The van der Waals surface area contributed by atoms with Gasteiger partial charge in [0.05, 0.1) is 18.9 Å². The largest absolute Gasteiger partial charge is 0.497 e. The quantitative estimate of drug-likeness (QED) is 0.0831. The van der Waals surface area contributed by atoms with E-state index in [0.717, 1.165) is 16.3 Å². The Hall–Kier alpha value is -5.63. The Bertz CT molecular complexity index is 1720. The van der Waals surface area contributed by atoms with Crippen LogP contribution in [0.1, 0.15) is 28.4 Å². The van der Waals surface area contributed by atoms with Crippen LogP contribution in [0.3, 0.4) is 0 Å². The van der Waals surface area contributed by atoms with Crippen molar-refractivity contribution >= 4 is 28.9 Å². The van der Waals surface area contributed by atoms with Gasteiger partial charge in [-0.05, 0) is 77.9 Å². The minimum atomic E-state index is -0.826. The van der Waals surface area contributed by atoms with E-state index in [4.69, 9.17) is 18.9 Å². The fourth-order valence-electron chi connectivity index (χ4n) is 4.25. The Morgan fingerprint density at radius 2 is 1.47 bits per heavy atom. The van der Waals surface area contributed by atoms with E-state index >= 15 is 0 Å². The van der Waals surface area contributed by atoms with Crippen LogP contribution < -0.4 is 24.4 Å². The predicted molar refractivity (Wildman–Crippen MR) is 165 cm³/mol. The molecule has 5 rings (SSSR count). The second-order valence-electron chi connectivity index (χ2n) is 9.56. The number of hydrogen-bond acceptors (Lipinski definition) is 7. The van der Waals surface area contributed by atoms with E-state index in [0.29, 0.717) is 40.7 Å². The number of fused-ring (bicyclic) bond motifs is 1. The summed E-state index contributed by atoms with van der Waals surface area (Å²) in [6.45, 7) is 2.08. The average molecular weight is 575 g/mol. The van der Waals surface area contributed by atoms with E-state index in [1.807, 2.05) is 60.7 Å². The molecule has 5 aromatic carbocycles. The summed E-state index contributed by atoms with van der Waals surface area (Å²) in [5.41, 5.74) is 4.50. The van der Waals surface area contributed by atoms with E-state index in [1.54, 1.807) is 68.6 Å². The lowest BCUT2D eigenvalue weighted by molar-refractivity contribution is -0.127. The molecule has 0 saturated heterocycles. The highest BCUT2D eigenvalue weighted by atomic mass is 16.5. The van der Waals surface area contributed by atoms with Crippen LogP contribution in [0.25, 0.3) is 10.8 Å². The molecule has 0 bridgehead atoms. The van der Waals surface area contributed by atoms with Crippen LogP contribution in [0.5, 0.6) is 23.0 Å². The maximum absolute atomic E-state index is 12.9. The average Bonchev–Trinajstić information content (AvgIpc) is 3.05. The zero-order chi connectivity index (χ0) is 30.0. The molecule has 1 amide bonds. The lowest BCUT2D eigenvalue weighted by Crippen LogP contribution is -2.33. The number of benzene rings is 5. The molecule has 1 atom stereocenters. The van der Waals surface area contributed by atoms with Gasteiger partial charge in [-0.15, -0.1) is 0 Å². The second kappa shape index (κ2) is 13.8. The van der Waals surface area contributed by atoms with Crippen LogP contribution in [-0.4, -0.2) is 31.3 Å². The fraction of sp³-hybridized carbons (Fsp3) is 0.114. The van der Waals surface area contributed by atoms with Crippen molar-refractivity contribution in [3.8, 4) is 23.0 Å². The maximum atomic E-state index is 12.9. The molecule has 0 heterocycles. The first kappa shape index (κ1) is 28.9. The molecule has 0 aliphatic rings. The number of amides is 1. The van der Waals surface area contributed by atoms with E-state index in [1.165, 1.54) is 6.21 Å². The minimum absolute atomic E-state index is 0.302. The molecule has 0 fully saturated rings. The highest BCUT2D eigenvalue weighted by molar-refractivity contribution is 6.04. The summed E-state index contributed by atoms with van der Waals surface area (Å²) in [6.07, 6.45) is 0.635. The molecule has 43 heavy (non-hydrogen) atoms. The Kier molecular flexibility index (Phi) is 9.29. The van der Waals surface area contributed by atoms with Crippen molar-refractivity contribution in [1.82, 2.24) is 5.43 Å². The highest BCUT2D eigenvalue weighted by Gasteiger charge is 2.16. The van der Waals surface area contributed by atoms with Crippen molar-refractivity contribution in [1.29, 1.82) is 0 Å². The van der Waals surface area contributed by atoms with Gasteiger partial charge in [0.25, 0.3) is 5.91 Å². The summed E-state index contributed by atoms with van der Waals surface area (Å²) in [5, 5.41) is 5.88. The summed E-state index contributed by atoms with van der Waals surface area (Å²) in [5.74, 6) is 1.16. The number of esters is 1. The first-order chi connectivity index (χ1) is 21.0. The number of carbonyl (C=O) groups is 2. The van der Waals surface area contributed by atoms with Gasteiger partial charge in [0.1, 0.15) is 29.6 Å². The number of methoxy groups -OCH3 is 1. The third kappa shape index (κ3) is 7.56. The first-order valence-corrected chi connectivity index (χ1v) is 13.6. The van der Waals surface area contributed by atoms with Gasteiger partial charge in [-0.3, -0.25) is 4.79 Å². The van der Waals surface area contributed by atoms with Gasteiger partial charge < -0.3 is 18.9 Å². The summed E-state index contributed by atoms with van der Waals surface area (Å²) in [6, 6.07) is 34.7. The van der Waals surface area contributed by atoms with Gasteiger partial charge >= 0.3 is 5.97 Å². The van der Waals surface area contributed by atoms with E-state index < -0.39 is 18.0 Å². The van der Waals surface area contributed by atoms with Crippen molar-refractivity contribution in [3.05, 3.63) is 132 Å². The molecule has 8 nitrogen and oxygen atoms in total. The maximum Gasteiger partial charge on any atom is 0.343 e. The number of carbonyl (C=O) groups excluding carboxylic acids is 2. The van der Waals surface area contributed by atoms with Crippen LogP contribution in [0.15, 0.2) is 120 Å². The normalized spacial score (nSPS) is 11.6. The highest BCUT2D eigenvalue weighted by Crippen LogP contribution is 2.28. The van der Waals surface area contributed by atoms with Crippen LogP contribution in [0.2, 0.25) is 0 Å². The first-order valence-electron chi connectivity index (χ1n) is 13.6. The zero-order valence-electron chi connectivity index (χ0n) is 23.7. The van der Waals surface area contributed by atoms with Gasteiger partial charge in [0, 0.05) is 5.56 Å². The predicted octanol–water partition coefficient (Wildman–Crippen LogP) is 6.56. The Balaban J connectivity index is 1.22. The lowest BCUT2D eigenvalue weighted by Gasteiger charge is -2.14. The monoisotopic (exact) mass is 574 g/mol. The van der Waals surface area contributed by atoms with Gasteiger partial charge in [0.15, 0.2) is 6.10 Å². The Labute approximate surface area is 249 Å². The zero-order valence-corrected chi connectivity index (χ0v) is 23.7. The van der Waals surface area contributed by atoms with Crippen molar-refractivity contribution in [2.24, 2.45) is 5.10 Å². The number of rotatable bonds is 11. The standard InChI is InChI=1S/C35H30N2O6/c1-24(42-30-19-17-29(18-20-30)41-23-25-8-4-3-5-9-25)34(38)37-36-22-32-31-11-7-6-10-26(31)14-21-33(32)43-35(39)27-12-15-28(40-2)16-13-27/h3-22,24H,23H2,1-2H3,(H,37,38)/b36-22-/t24-/m1/s1. The summed E-state index contributed by atoms with van der Waals surface area (Å²) in [7, 11) is 1.56. The number of hydrogen-bond donors (Lipinski definition) is 1. The molecule has 0 unspecified atom stereocenters. The molecule has 216 valence electrons. The van der Waals surface area contributed by atoms with E-state index in [2.05, 4.69) is 10.5 Å². The van der Waals surface area contributed by atoms with Crippen LogP contribution in [0, 0.1) is 0 Å². The fourth-order valence-corrected chi connectivity index (χ4v) is 4.25. The second-order valence-corrected chi connectivity index (χ2v) is 9.56. The summed E-state index contributed by atoms with van der Waals surface area (Å²) in [4.78, 5) is 25.6. The molecule has 0 radical (unpaired) electrons. The summed E-state index contributed by atoms with van der Waals surface area (Å²) < 4.78 is 22.5. The Morgan fingerprint density at radius 1 is 0.791 bits per heavy atom. The molecule has 0 spiro atoms. The molecule has 8 heteroatoms. The number of nitrogens with one attached hydrogen (secondary N) is 1. The topological polar surface area (TPSA) is 95.5 Å². The van der Waals surface area contributed by atoms with Gasteiger partial charge in [-0.25, -0.2) is 10.2 Å². The molecular formula is C35H30N2O6. The smallest absolute Gasteiger partial charge is 0.343 e. The van der Waals surface area contributed by atoms with Crippen LogP contribution >= 0.6 is 0 Å². The molecule has 0 saturated carbocycles. The van der Waals surface area contributed by atoms with Gasteiger partial charge in [-0.1, -0.05) is 60.7 Å². The van der Waals surface area contributed by atoms with Crippen molar-refractivity contribution in [3.63, 3.8) is 0 Å². The molecule has 0 aromatic heterocycles. The van der Waals surface area contributed by atoms with Crippen LogP contribution in [-0.2, 0) is 11.4 Å². The number of nitrogens with zero attached hydrogens (tertiary/aromatic N) is 1. The minimum Gasteiger partial charge on any atom is -0.497 e. The van der Waals surface area contributed by atoms with Gasteiger partial charge in [0.2, 0.25) is 0 Å². The lowest BCUT2D eigenvalue weighted by atomic mass is 10.0. The summed E-state index contributed by atoms with van der Waals surface area (Å²) >= 11 is 0. The van der Waals surface area contributed by atoms with Crippen LogP contribution in [0.4, 0.5) is 0 Å². The third-order valence-corrected chi connectivity index (χ3v) is 6.58. The van der Waals surface area contributed by atoms with Crippen molar-refractivity contribution in [2.75, 3.05) is 7.11 Å². The molecule has 0 aliphatic heterocycles. The van der Waals surface area contributed by atoms with E-state index in [9.17, 15) is 9.59 Å². The van der Waals surface area contributed by atoms with E-state index in [-0.39, 0.29) is 0 Å². The van der Waals surface area contributed by atoms with Crippen molar-refractivity contribution < 1.29 is 28.5 Å². The molecule has 0 aliphatic carbocycles. The number of hydrazone groups is 1. The SMILES string of the molecule is COc1ccc(C(=O)Oc2ccc3ccccc3c2/C=N\NC(=O)[C@@H](C)Oc2ccc(OCc3ccccc3)cc2)cc1. The Morgan fingerprint density at radius 3 is 2.21 bits per heavy atom. The van der Waals surface area contributed by atoms with Crippen molar-refractivity contribution in [2.45, 2.75) is 19.6 Å². The molecule has 1 N–H and O–H groups in total. The molecular weight excluding hydrogens is 544 g/mol.